The lowest BCUT2D eigenvalue weighted by molar-refractivity contribution is -0.1000. The smallest absolute Gasteiger partial charge is 0.0662 e. The van der Waals surface area contributed by atoms with E-state index in [1.54, 1.807) is 0 Å². The van der Waals surface area contributed by atoms with Crippen LogP contribution < -0.4 is 5.73 Å². The van der Waals surface area contributed by atoms with Crippen molar-refractivity contribution in [3.8, 4) is 0 Å². The quantitative estimate of drug-likeness (QED) is 0.690. The highest BCUT2D eigenvalue weighted by Crippen LogP contribution is 2.47. The molecule has 1 aliphatic carbocycles. The molecule has 1 fully saturated rings. The molecule has 2 unspecified atom stereocenters. The van der Waals surface area contributed by atoms with Gasteiger partial charge in [0, 0.05) is 12.0 Å². The lowest BCUT2D eigenvalue weighted by Gasteiger charge is -2.50. The van der Waals surface area contributed by atoms with Crippen LogP contribution in [-0.4, -0.2) is 17.3 Å². The van der Waals surface area contributed by atoms with Crippen LogP contribution >= 0.6 is 0 Å². The van der Waals surface area contributed by atoms with E-state index in [0.717, 1.165) is 6.42 Å². The predicted octanol–water partition coefficient (Wildman–Crippen LogP) is 1.91. The maximum absolute atomic E-state index is 10.2. The first-order valence-corrected chi connectivity index (χ1v) is 5.36. The Morgan fingerprint density at radius 1 is 1.46 bits per heavy atom. The van der Waals surface area contributed by atoms with Gasteiger partial charge in [0.25, 0.3) is 0 Å². The summed E-state index contributed by atoms with van der Waals surface area (Å²) in [5.41, 5.74) is 5.17. The molecule has 2 nitrogen and oxygen atoms in total. The zero-order valence-electron chi connectivity index (χ0n) is 9.14. The molecule has 1 saturated carbocycles. The summed E-state index contributed by atoms with van der Waals surface area (Å²) in [6, 6.07) is 0. The number of nitrogens with two attached hydrogens (primary N) is 1. The van der Waals surface area contributed by atoms with Gasteiger partial charge >= 0.3 is 0 Å². The minimum Gasteiger partial charge on any atom is -0.390 e. The standard InChI is InChI=1S/C11H23NO/c1-9-6-4-5-7-11(9,8-12)10(2,3)13/h9,13H,4-8,12H2,1-3H3. The highest BCUT2D eigenvalue weighted by molar-refractivity contribution is 4.99. The maximum Gasteiger partial charge on any atom is 0.0662 e. The summed E-state index contributed by atoms with van der Waals surface area (Å²) in [6.45, 7) is 6.64. The third-order valence-corrected chi connectivity index (χ3v) is 4.04. The van der Waals surface area contributed by atoms with Crippen LogP contribution in [-0.2, 0) is 0 Å². The number of aliphatic hydroxyl groups is 1. The number of hydrogen-bond acceptors (Lipinski definition) is 2. The third-order valence-electron chi connectivity index (χ3n) is 4.04. The summed E-state index contributed by atoms with van der Waals surface area (Å²) in [4.78, 5) is 0. The molecule has 0 aromatic carbocycles. The van der Waals surface area contributed by atoms with Gasteiger partial charge in [-0.15, -0.1) is 0 Å². The van der Waals surface area contributed by atoms with Crippen molar-refractivity contribution in [1.29, 1.82) is 0 Å². The van der Waals surface area contributed by atoms with E-state index in [4.69, 9.17) is 5.73 Å². The average Bonchev–Trinajstić information content (AvgIpc) is 2.03. The van der Waals surface area contributed by atoms with Crippen molar-refractivity contribution in [3.05, 3.63) is 0 Å². The zero-order valence-corrected chi connectivity index (χ0v) is 9.14. The minimum absolute atomic E-state index is 0.0503. The van der Waals surface area contributed by atoms with Gasteiger partial charge in [-0.2, -0.15) is 0 Å². The largest absolute Gasteiger partial charge is 0.390 e. The molecule has 0 aliphatic heterocycles. The SMILES string of the molecule is CC1CCCCC1(CN)C(C)(C)O. The molecule has 13 heavy (non-hydrogen) atoms. The minimum atomic E-state index is -0.637. The van der Waals surface area contributed by atoms with Gasteiger partial charge in [0.2, 0.25) is 0 Å². The average molecular weight is 185 g/mol. The van der Waals surface area contributed by atoms with Gasteiger partial charge in [-0.05, 0) is 26.2 Å². The molecule has 0 saturated heterocycles. The van der Waals surface area contributed by atoms with Crippen LogP contribution in [0.25, 0.3) is 0 Å². The van der Waals surface area contributed by atoms with Crippen LogP contribution in [0.5, 0.6) is 0 Å². The Labute approximate surface area is 81.5 Å². The molecule has 0 bridgehead atoms. The van der Waals surface area contributed by atoms with Crippen molar-refractivity contribution >= 4 is 0 Å². The van der Waals surface area contributed by atoms with Gasteiger partial charge in [0.05, 0.1) is 5.60 Å². The molecule has 0 amide bonds. The molecule has 1 aliphatic rings. The highest BCUT2D eigenvalue weighted by Gasteiger charge is 2.47. The zero-order chi connectivity index (χ0) is 10.1. The van der Waals surface area contributed by atoms with Gasteiger partial charge in [0.1, 0.15) is 0 Å². The molecule has 78 valence electrons. The van der Waals surface area contributed by atoms with Crippen molar-refractivity contribution in [2.24, 2.45) is 17.1 Å². The van der Waals surface area contributed by atoms with Gasteiger partial charge < -0.3 is 10.8 Å². The van der Waals surface area contributed by atoms with Crippen molar-refractivity contribution < 1.29 is 5.11 Å². The Morgan fingerprint density at radius 2 is 2.08 bits per heavy atom. The molecule has 0 heterocycles. The van der Waals surface area contributed by atoms with E-state index in [-0.39, 0.29) is 5.41 Å². The molecule has 0 radical (unpaired) electrons. The van der Waals surface area contributed by atoms with Gasteiger partial charge in [-0.25, -0.2) is 0 Å². The predicted molar refractivity (Wildman–Crippen MR) is 55.4 cm³/mol. The second-order valence-corrected chi connectivity index (χ2v) is 5.07. The molecular formula is C11H23NO. The van der Waals surface area contributed by atoms with Crippen LogP contribution in [0.1, 0.15) is 46.5 Å². The molecule has 2 heteroatoms. The first-order chi connectivity index (χ1) is 5.94. The fourth-order valence-corrected chi connectivity index (χ4v) is 2.88. The maximum atomic E-state index is 10.2. The Morgan fingerprint density at radius 3 is 2.38 bits per heavy atom. The number of rotatable bonds is 2. The van der Waals surface area contributed by atoms with Crippen molar-refractivity contribution in [2.45, 2.75) is 52.1 Å². The monoisotopic (exact) mass is 185 g/mol. The van der Waals surface area contributed by atoms with Gasteiger partial charge in [-0.1, -0.05) is 26.2 Å². The highest BCUT2D eigenvalue weighted by atomic mass is 16.3. The fourth-order valence-electron chi connectivity index (χ4n) is 2.88. The second kappa shape index (κ2) is 3.58. The normalized spacial score (nSPS) is 36.2. The van der Waals surface area contributed by atoms with Crippen LogP contribution in [0.3, 0.4) is 0 Å². The lowest BCUT2D eigenvalue weighted by atomic mass is 9.59. The van der Waals surface area contributed by atoms with E-state index in [1.807, 2.05) is 13.8 Å². The van der Waals surface area contributed by atoms with E-state index < -0.39 is 5.60 Å². The van der Waals surface area contributed by atoms with Gasteiger partial charge in [-0.3, -0.25) is 0 Å². The summed E-state index contributed by atoms with van der Waals surface area (Å²) in [6.07, 6.45) is 4.79. The summed E-state index contributed by atoms with van der Waals surface area (Å²) in [5.74, 6) is 0.547. The topological polar surface area (TPSA) is 46.2 Å². The van der Waals surface area contributed by atoms with E-state index in [9.17, 15) is 5.11 Å². The lowest BCUT2D eigenvalue weighted by Crippen LogP contribution is -2.54. The van der Waals surface area contributed by atoms with Crippen LogP contribution in [0.4, 0.5) is 0 Å². The molecule has 2 atom stereocenters. The van der Waals surface area contributed by atoms with Gasteiger partial charge in [0.15, 0.2) is 0 Å². The Kier molecular flexibility index (Phi) is 3.03. The van der Waals surface area contributed by atoms with Crippen LogP contribution in [0.15, 0.2) is 0 Å². The first-order valence-electron chi connectivity index (χ1n) is 5.36. The molecule has 0 spiro atoms. The Balaban J connectivity index is 2.89. The van der Waals surface area contributed by atoms with Crippen molar-refractivity contribution in [3.63, 3.8) is 0 Å². The van der Waals surface area contributed by atoms with Crippen molar-refractivity contribution in [2.75, 3.05) is 6.54 Å². The molecule has 0 aromatic heterocycles. The summed E-state index contributed by atoms with van der Waals surface area (Å²) < 4.78 is 0. The van der Waals surface area contributed by atoms with E-state index in [1.165, 1.54) is 19.3 Å². The molecule has 1 rings (SSSR count). The van der Waals surface area contributed by atoms with Crippen molar-refractivity contribution in [1.82, 2.24) is 0 Å². The second-order valence-electron chi connectivity index (χ2n) is 5.07. The van der Waals surface area contributed by atoms with E-state index in [0.29, 0.717) is 12.5 Å². The first kappa shape index (κ1) is 11.0. The summed E-state index contributed by atoms with van der Waals surface area (Å²) in [5, 5.41) is 10.2. The van der Waals surface area contributed by atoms with E-state index >= 15 is 0 Å². The fraction of sp³-hybridized carbons (Fsp3) is 1.00. The van der Waals surface area contributed by atoms with Crippen LogP contribution in [0.2, 0.25) is 0 Å². The Bertz CT molecular complexity index is 173. The summed E-state index contributed by atoms with van der Waals surface area (Å²) >= 11 is 0. The number of hydrogen-bond donors (Lipinski definition) is 2. The molecule has 3 N–H and O–H groups in total. The molecular weight excluding hydrogens is 162 g/mol. The Hall–Kier alpha value is -0.0800. The van der Waals surface area contributed by atoms with Crippen LogP contribution in [0, 0.1) is 11.3 Å². The third kappa shape index (κ3) is 1.75. The summed E-state index contributed by atoms with van der Waals surface area (Å²) in [7, 11) is 0. The molecule has 0 aromatic rings. The van der Waals surface area contributed by atoms with E-state index in [2.05, 4.69) is 6.92 Å².